The van der Waals surface area contributed by atoms with Crippen molar-refractivity contribution in [2.75, 3.05) is 20.3 Å². The number of benzene rings is 1. The molecule has 4 heteroatoms. The molecular weight excluding hydrogens is 302 g/mol. The maximum atomic E-state index is 9.41. The summed E-state index contributed by atoms with van der Waals surface area (Å²) in [5.74, 6) is 2.30. The van der Waals surface area contributed by atoms with Crippen LogP contribution in [0.3, 0.4) is 0 Å². The summed E-state index contributed by atoms with van der Waals surface area (Å²) in [6.07, 6.45) is 5.82. The van der Waals surface area contributed by atoms with E-state index in [1.165, 1.54) is 12.8 Å². The molecule has 1 rings (SSSR count). The number of ether oxygens (including phenoxy) is 2. The lowest BCUT2D eigenvalue weighted by Gasteiger charge is -2.25. The van der Waals surface area contributed by atoms with Gasteiger partial charge in [-0.3, -0.25) is 0 Å². The predicted molar refractivity (Wildman–Crippen MR) is 99.8 cm³/mol. The first-order valence-electron chi connectivity index (χ1n) is 9.13. The second-order valence-electron chi connectivity index (χ2n) is 7.10. The van der Waals surface area contributed by atoms with Crippen molar-refractivity contribution < 1.29 is 14.6 Å². The third-order valence-electron chi connectivity index (χ3n) is 4.59. The fourth-order valence-electron chi connectivity index (χ4n) is 2.58. The number of hydrogen-bond acceptors (Lipinski definition) is 4. The van der Waals surface area contributed by atoms with E-state index in [0.717, 1.165) is 48.7 Å². The summed E-state index contributed by atoms with van der Waals surface area (Å²) in [5.41, 5.74) is 6.80. The van der Waals surface area contributed by atoms with E-state index in [2.05, 4.69) is 19.9 Å². The fraction of sp³-hybridized carbons (Fsp3) is 0.700. The second-order valence-corrected chi connectivity index (χ2v) is 7.10. The molecule has 24 heavy (non-hydrogen) atoms. The van der Waals surface area contributed by atoms with Gasteiger partial charge in [0, 0.05) is 5.54 Å². The molecule has 0 aliphatic heterocycles. The quantitative estimate of drug-likeness (QED) is 0.567. The highest BCUT2D eigenvalue weighted by Gasteiger charge is 2.21. The molecule has 138 valence electrons. The van der Waals surface area contributed by atoms with Crippen LogP contribution in [0.1, 0.15) is 58.4 Å². The molecule has 4 nitrogen and oxygen atoms in total. The summed E-state index contributed by atoms with van der Waals surface area (Å²) >= 11 is 0. The smallest absolute Gasteiger partial charge is 0.161 e. The van der Waals surface area contributed by atoms with Gasteiger partial charge in [0.2, 0.25) is 0 Å². The van der Waals surface area contributed by atoms with Gasteiger partial charge in [-0.25, -0.2) is 0 Å². The average Bonchev–Trinajstić information content (AvgIpc) is 2.59. The lowest BCUT2D eigenvalue weighted by molar-refractivity contribution is 0.183. The Labute approximate surface area is 147 Å². The van der Waals surface area contributed by atoms with Crippen molar-refractivity contribution in [1.29, 1.82) is 0 Å². The predicted octanol–water partition coefficient (Wildman–Crippen LogP) is 3.93. The number of aliphatic hydroxyl groups excluding tert-OH is 1. The van der Waals surface area contributed by atoms with E-state index in [0.29, 0.717) is 6.61 Å². The van der Waals surface area contributed by atoms with Crippen molar-refractivity contribution in [2.24, 2.45) is 11.7 Å². The molecule has 0 spiro atoms. The van der Waals surface area contributed by atoms with Crippen molar-refractivity contribution in [3.05, 3.63) is 23.8 Å². The van der Waals surface area contributed by atoms with Crippen LogP contribution in [-0.2, 0) is 6.42 Å². The second kappa shape index (κ2) is 10.6. The molecule has 0 radical (unpaired) electrons. The zero-order valence-electron chi connectivity index (χ0n) is 15.8. The summed E-state index contributed by atoms with van der Waals surface area (Å²) in [7, 11) is 1.66. The molecule has 0 aromatic heterocycles. The Morgan fingerprint density at radius 3 is 2.54 bits per heavy atom. The molecule has 0 saturated carbocycles. The zero-order chi connectivity index (χ0) is 18.0. The molecule has 0 aliphatic carbocycles. The van der Waals surface area contributed by atoms with Gasteiger partial charge in [0.15, 0.2) is 11.5 Å². The van der Waals surface area contributed by atoms with Gasteiger partial charge in [-0.2, -0.15) is 0 Å². The molecular formula is C20H35NO3. The van der Waals surface area contributed by atoms with Crippen LogP contribution in [0, 0.1) is 5.92 Å². The summed E-state index contributed by atoms with van der Waals surface area (Å²) in [6, 6.07) is 6.04. The van der Waals surface area contributed by atoms with E-state index in [9.17, 15) is 5.11 Å². The van der Waals surface area contributed by atoms with Crippen molar-refractivity contribution in [1.82, 2.24) is 0 Å². The minimum Gasteiger partial charge on any atom is -0.493 e. The first-order valence-corrected chi connectivity index (χ1v) is 9.13. The molecule has 0 aliphatic rings. The van der Waals surface area contributed by atoms with Gasteiger partial charge in [-0.05, 0) is 55.7 Å². The monoisotopic (exact) mass is 337 g/mol. The van der Waals surface area contributed by atoms with E-state index in [1.54, 1.807) is 7.11 Å². The minimum atomic E-state index is -0.501. The third-order valence-corrected chi connectivity index (χ3v) is 4.59. The molecule has 0 unspecified atom stereocenters. The van der Waals surface area contributed by atoms with E-state index in [-0.39, 0.29) is 6.61 Å². The third kappa shape index (κ3) is 7.10. The molecule has 0 saturated heterocycles. The molecule has 0 fully saturated rings. The summed E-state index contributed by atoms with van der Waals surface area (Å²) in [5, 5.41) is 9.41. The molecule has 3 N–H and O–H groups in total. The van der Waals surface area contributed by atoms with Gasteiger partial charge in [0.1, 0.15) is 0 Å². The van der Waals surface area contributed by atoms with Crippen molar-refractivity contribution in [3.8, 4) is 11.5 Å². The Hall–Kier alpha value is -1.26. The van der Waals surface area contributed by atoms with Crippen LogP contribution >= 0.6 is 0 Å². The van der Waals surface area contributed by atoms with Crippen LogP contribution in [0.4, 0.5) is 0 Å². The molecule has 0 amide bonds. The largest absolute Gasteiger partial charge is 0.493 e. The molecule has 0 bridgehead atoms. The first-order chi connectivity index (χ1) is 11.4. The Morgan fingerprint density at radius 1 is 1.21 bits per heavy atom. The van der Waals surface area contributed by atoms with Gasteiger partial charge in [0.25, 0.3) is 0 Å². The van der Waals surface area contributed by atoms with E-state index in [4.69, 9.17) is 15.2 Å². The number of hydrogen-bond donors (Lipinski definition) is 2. The number of nitrogens with two attached hydrogens (primary N) is 1. The minimum absolute atomic E-state index is 0.0121. The molecule has 1 atom stereocenters. The van der Waals surface area contributed by atoms with Gasteiger partial charge in [0.05, 0.1) is 20.3 Å². The molecule has 1 aromatic rings. The molecule has 1 aromatic carbocycles. The van der Waals surface area contributed by atoms with Gasteiger partial charge in [-0.15, -0.1) is 0 Å². The van der Waals surface area contributed by atoms with Crippen LogP contribution in [-0.4, -0.2) is 31.0 Å². The van der Waals surface area contributed by atoms with Gasteiger partial charge < -0.3 is 20.3 Å². The van der Waals surface area contributed by atoms with Crippen molar-refractivity contribution in [3.63, 3.8) is 0 Å². The summed E-state index contributed by atoms with van der Waals surface area (Å²) < 4.78 is 11.3. The standard InChI is InChI=1S/C20H35NO3/c1-5-20(21,15-22)12-11-17-9-10-18(19(14-17)23-4)24-13-7-6-8-16(2)3/h9-10,14,16,22H,5-8,11-13,15,21H2,1-4H3/t20-/m0/s1. The van der Waals surface area contributed by atoms with E-state index < -0.39 is 5.54 Å². The van der Waals surface area contributed by atoms with Crippen LogP contribution in [0.25, 0.3) is 0 Å². The molecule has 0 heterocycles. The Balaban J connectivity index is 2.55. The maximum absolute atomic E-state index is 9.41. The first kappa shape index (κ1) is 20.8. The number of unbranched alkanes of at least 4 members (excludes halogenated alkanes) is 1. The van der Waals surface area contributed by atoms with Crippen LogP contribution < -0.4 is 15.2 Å². The highest BCUT2D eigenvalue weighted by molar-refractivity contribution is 5.43. The van der Waals surface area contributed by atoms with Crippen molar-refractivity contribution in [2.45, 2.75) is 64.8 Å². The van der Waals surface area contributed by atoms with Gasteiger partial charge >= 0.3 is 0 Å². The fourth-order valence-corrected chi connectivity index (χ4v) is 2.58. The number of aliphatic hydroxyl groups is 1. The Bertz CT molecular complexity index is 470. The van der Waals surface area contributed by atoms with Crippen LogP contribution in [0.15, 0.2) is 18.2 Å². The SMILES string of the molecule is CC[C@@](N)(CO)CCc1ccc(OCCCCC(C)C)c(OC)c1. The van der Waals surface area contributed by atoms with Gasteiger partial charge in [-0.1, -0.05) is 33.3 Å². The lowest BCUT2D eigenvalue weighted by atomic mass is 9.90. The summed E-state index contributed by atoms with van der Waals surface area (Å²) in [4.78, 5) is 0. The maximum Gasteiger partial charge on any atom is 0.161 e. The lowest BCUT2D eigenvalue weighted by Crippen LogP contribution is -2.43. The highest BCUT2D eigenvalue weighted by atomic mass is 16.5. The average molecular weight is 338 g/mol. The van der Waals surface area contributed by atoms with Crippen LogP contribution in [0.5, 0.6) is 11.5 Å². The topological polar surface area (TPSA) is 64.7 Å². The zero-order valence-corrected chi connectivity index (χ0v) is 15.8. The normalized spacial score (nSPS) is 13.8. The number of rotatable bonds is 12. The van der Waals surface area contributed by atoms with E-state index >= 15 is 0 Å². The van der Waals surface area contributed by atoms with Crippen LogP contribution in [0.2, 0.25) is 0 Å². The highest BCUT2D eigenvalue weighted by Crippen LogP contribution is 2.29. The van der Waals surface area contributed by atoms with Crippen molar-refractivity contribution >= 4 is 0 Å². The van der Waals surface area contributed by atoms with E-state index in [1.807, 2.05) is 19.1 Å². The number of aryl methyl sites for hydroxylation is 1. The summed E-state index contributed by atoms with van der Waals surface area (Å²) in [6.45, 7) is 7.22. The Kier molecular flexibility index (Phi) is 9.16. The number of methoxy groups -OCH3 is 1. The Morgan fingerprint density at radius 2 is 1.96 bits per heavy atom.